The van der Waals surface area contributed by atoms with Gasteiger partial charge in [-0.3, -0.25) is 9.59 Å². The Balaban J connectivity index is 1.91. The van der Waals surface area contributed by atoms with Gasteiger partial charge in [0.2, 0.25) is 5.91 Å². The first-order chi connectivity index (χ1) is 13.0. The molecule has 3 rings (SSSR count). The summed E-state index contributed by atoms with van der Waals surface area (Å²) in [5.74, 6) is -0.547. The Kier molecular flexibility index (Phi) is 5.09. The molecule has 10 heteroatoms. The highest BCUT2D eigenvalue weighted by molar-refractivity contribution is 7.90. The van der Waals surface area contributed by atoms with Gasteiger partial charge in [-0.1, -0.05) is 0 Å². The molecule has 1 amide bonds. The molecule has 0 N–H and O–H groups in total. The number of nitrogens with zero attached hydrogens (tertiary/aromatic N) is 2. The SMILES string of the molecule is CS(=O)(=O)c1ccc2c(c1)CCCN2C(=O)Cn1cccc(C(F)(F)F)c1=O. The van der Waals surface area contributed by atoms with Gasteiger partial charge >= 0.3 is 6.18 Å². The first kappa shape index (κ1) is 20.1. The maximum Gasteiger partial charge on any atom is 0.421 e. The van der Waals surface area contributed by atoms with Gasteiger partial charge in [0.05, 0.1) is 4.90 Å². The van der Waals surface area contributed by atoms with Gasteiger partial charge in [0.25, 0.3) is 5.56 Å². The number of sulfone groups is 1. The van der Waals surface area contributed by atoms with Crippen molar-refractivity contribution in [2.24, 2.45) is 0 Å². The summed E-state index contributed by atoms with van der Waals surface area (Å²) >= 11 is 0. The summed E-state index contributed by atoms with van der Waals surface area (Å²) in [5.41, 5.74) is -1.45. The lowest BCUT2D eigenvalue weighted by molar-refractivity contribution is -0.139. The van der Waals surface area contributed by atoms with E-state index in [1.807, 2.05) is 0 Å². The smallest absolute Gasteiger partial charge is 0.311 e. The minimum atomic E-state index is -4.80. The molecule has 28 heavy (non-hydrogen) atoms. The predicted molar refractivity (Wildman–Crippen MR) is 95.9 cm³/mol. The average molecular weight is 414 g/mol. The molecule has 0 unspecified atom stereocenters. The van der Waals surface area contributed by atoms with Crippen molar-refractivity contribution in [3.05, 3.63) is 58.0 Å². The number of hydrogen-bond donors (Lipinski definition) is 0. The van der Waals surface area contributed by atoms with Crippen molar-refractivity contribution in [1.82, 2.24) is 4.57 Å². The Morgan fingerprint density at radius 2 is 1.93 bits per heavy atom. The number of halogens is 3. The van der Waals surface area contributed by atoms with Crippen molar-refractivity contribution in [3.8, 4) is 0 Å². The van der Waals surface area contributed by atoms with Gasteiger partial charge in [-0.15, -0.1) is 0 Å². The zero-order chi connectivity index (χ0) is 20.7. The van der Waals surface area contributed by atoms with E-state index in [9.17, 15) is 31.2 Å². The van der Waals surface area contributed by atoms with E-state index in [0.29, 0.717) is 36.7 Å². The number of pyridine rings is 1. The largest absolute Gasteiger partial charge is 0.421 e. The zero-order valence-electron chi connectivity index (χ0n) is 14.9. The van der Waals surface area contributed by atoms with Crippen molar-refractivity contribution < 1.29 is 26.4 Å². The number of amides is 1. The number of benzene rings is 1. The zero-order valence-corrected chi connectivity index (χ0v) is 15.7. The molecule has 0 atom stereocenters. The van der Waals surface area contributed by atoms with E-state index < -0.39 is 39.6 Å². The lowest BCUT2D eigenvalue weighted by Crippen LogP contribution is -2.40. The summed E-state index contributed by atoms with van der Waals surface area (Å²) in [6.07, 6.45) is -1.44. The first-order valence-corrected chi connectivity index (χ1v) is 10.3. The molecule has 150 valence electrons. The Bertz CT molecular complexity index is 1090. The Morgan fingerprint density at radius 3 is 2.57 bits per heavy atom. The standard InChI is InChI=1S/C18H17F3N2O4S/c1-28(26,27)13-6-7-15-12(10-13)4-2-9-23(15)16(24)11-22-8-3-5-14(17(22)25)18(19,20)21/h3,5-8,10H,2,4,9,11H2,1H3. The third kappa shape index (κ3) is 3.96. The summed E-state index contributed by atoms with van der Waals surface area (Å²) in [5, 5.41) is 0. The van der Waals surface area contributed by atoms with E-state index in [0.717, 1.165) is 23.1 Å². The molecule has 2 heterocycles. The molecular weight excluding hydrogens is 397 g/mol. The predicted octanol–water partition coefficient (Wildman–Crippen LogP) is 2.25. The second kappa shape index (κ2) is 7.08. The maximum atomic E-state index is 12.9. The Morgan fingerprint density at radius 1 is 1.21 bits per heavy atom. The second-order valence-corrected chi connectivity index (χ2v) is 8.58. The molecule has 1 aromatic heterocycles. The van der Waals surface area contributed by atoms with Crippen molar-refractivity contribution in [1.29, 1.82) is 0 Å². The van der Waals surface area contributed by atoms with Gasteiger partial charge in [-0.05, 0) is 48.7 Å². The van der Waals surface area contributed by atoms with Gasteiger partial charge in [-0.2, -0.15) is 13.2 Å². The van der Waals surface area contributed by atoms with Gasteiger partial charge in [0.1, 0.15) is 12.1 Å². The van der Waals surface area contributed by atoms with Crippen LogP contribution in [0, 0.1) is 0 Å². The highest BCUT2D eigenvalue weighted by Crippen LogP contribution is 2.30. The summed E-state index contributed by atoms with van der Waals surface area (Å²) in [4.78, 5) is 26.2. The highest BCUT2D eigenvalue weighted by Gasteiger charge is 2.34. The molecule has 0 spiro atoms. The molecule has 2 aromatic rings. The van der Waals surface area contributed by atoms with E-state index in [2.05, 4.69) is 0 Å². The molecular formula is C18H17F3N2O4S. The van der Waals surface area contributed by atoms with Crippen LogP contribution >= 0.6 is 0 Å². The maximum absolute atomic E-state index is 12.9. The Labute approximate surface area is 159 Å². The van der Waals surface area contributed by atoms with Gasteiger partial charge < -0.3 is 9.47 Å². The molecule has 0 fully saturated rings. The van der Waals surface area contributed by atoms with E-state index in [-0.39, 0.29) is 4.90 Å². The topological polar surface area (TPSA) is 76.5 Å². The number of aromatic nitrogens is 1. The fourth-order valence-electron chi connectivity index (χ4n) is 3.17. The third-order valence-electron chi connectivity index (χ3n) is 4.53. The molecule has 1 aromatic carbocycles. The number of carbonyl (C=O) groups is 1. The van der Waals surface area contributed by atoms with E-state index in [4.69, 9.17) is 0 Å². The van der Waals surface area contributed by atoms with Crippen LogP contribution in [0.3, 0.4) is 0 Å². The van der Waals surface area contributed by atoms with Crippen LogP contribution in [-0.4, -0.2) is 31.7 Å². The van der Waals surface area contributed by atoms with Crippen molar-refractivity contribution >= 4 is 21.4 Å². The summed E-state index contributed by atoms with van der Waals surface area (Å²) in [7, 11) is -3.40. The minimum Gasteiger partial charge on any atom is -0.311 e. The normalized spacial score (nSPS) is 14.6. The number of fused-ring (bicyclic) bond motifs is 1. The van der Waals surface area contributed by atoms with Crippen LogP contribution in [0.5, 0.6) is 0 Å². The monoisotopic (exact) mass is 414 g/mol. The van der Waals surface area contributed by atoms with Crippen molar-refractivity contribution in [3.63, 3.8) is 0 Å². The molecule has 0 saturated heterocycles. The number of aryl methyl sites for hydroxylation is 1. The van der Waals surface area contributed by atoms with Crippen LogP contribution in [0.15, 0.2) is 46.2 Å². The quantitative estimate of drug-likeness (QED) is 0.772. The molecule has 0 radical (unpaired) electrons. The van der Waals surface area contributed by atoms with Gasteiger partial charge in [-0.25, -0.2) is 8.42 Å². The average Bonchev–Trinajstić information content (AvgIpc) is 2.60. The van der Waals surface area contributed by atoms with Crippen LogP contribution in [0.25, 0.3) is 0 Å². The molecule has 6 nitrogen and oxygen atoms in total. The summed E-state index contributed by atoms with van der Waals surface area (Å²) in [6.45, 7) is -0.214. The van der Waals surface area contributed by atoms with E-state index in [1.54, 1.807) is 0 Å². The van der Waals surface area contributed by atoms with E-state index >= 15 is 0 Å². The van der Waals surface area contributed by atoms with Crippen molar-refractivity contribution in [2.45, 2.75) is 30.5 Å². The molecule has 1 aliphatic heterocycles. The van der Waals surface area contributed by atoms with Crippen LogP contribution in [0.1, 0.15) is 17.5 Å². The summed E-state index contributed by atoms with van der Waals surface area (Å²) in [6, 6.07) is 6.14. The minimum absolute atomic E-state index is 0.134. The molecule has 0 aliphatic carbocycles. The van der Waals surface area contributed by atoms with Gasteiger partial charge in [0.15, 0.2) is 9.84 Å². The Hall–Kier alpha value is -2.62. The molecule has 0 bridgehead atoms. The van der Waals surface area contributed by atoms with E-state index in [1.165, 1.54) is 23.1 Å². The third-order valence-corrected chi connectivity index (χ3v) is 5.64. The number of rotatable bonds is 3. The number of alkyl halides is 3. The lowest BCUT2D eigenvalue weighted by atomic mass is 10.0. The van der Waals surface area contributed by atoms with Crippen LogP contribution in [0.2, 0.25) is 0 Å². The lowest BCUT2D eigenvalue weighted by Gasteiger charge is -2.30. The number of carbonyl (C=O) groups excluding carboxylic acids is 1. The molecule has 0 saturated carbocycles. The fourth-order valence-corrected chi connectivity index (χ4v) is 3.84. The second-order valence-electron chi connectivity index (χ2n) is 6.56. The van der Waals surface area contributed by atoms with Crippen LogP contribution < -0.4 is 10.5 Å². The summed E-state index contributed by atoms with van der Waals surface area (Å²) < 4.78 is 62.8. The molecule has 1 aliphatic rings. The van der Waals surface area contributed by atoms with Crippen LogP contribution in [-0.2, 0) is 33.8 Å². The first-order valence-electron chi connectivity index (χ1n) is 8.38. The number of anilines is 1. The highest BCUT2D eigenvalue weighted by atomic mass is 32.2. The fraction of sp³-hybridized carbons (Fsp3) is 0.333. The number of hydrogen-bond acceptors (Lipinski definition) is 4. The van der Waals surface area contributed by atoms with Crippen LogP contribution in [0.4, 0.5) is 18.9 Å². The van der Waals surface area contributed by atoms with Crippen molar-refractivity contribution in [2.75, 3.05) is 17.7 Å². The van der Waals surface area contributed by atoms with Gasteiger partial charge in [0, 0.05) is 24.7 Å².